The first-order valence-corrected chi connectivity index (χ1v) is 11.1. The Balaban J connectivity index is 1.59. The molecule has 1 saturated heterocycles. The number of carbonyl (C=O) groups excluding carboxylic acids is 1. The standard InChI is InChI=1S/C22H22N2O5S/c25-22(23-21(20-10-5-13-29-20)17-6-2-1-3-7-17)18-8-4-9-19(16-18)30(26,27)24-11-14-28-15-12-24/h1-10,13,16,21H,11-12,14-15H2,(H,23,25). The molecule has 1 fully saturated rings. The molecule has 1 aliphatic rings. The minimum atomic E-state index is -3.69. The number of carbonyl (C=O) groups is 1. The number of rotatable bonds is 6. The molecule has 0 radical (unpaired) electrons. The minimum absolute atomic E-state index is 0.0892. The summed E-state index contributed by atoms with van der Waals surface area (Å²) in [6.07, 6.45) is 1.55. The highest BCUT2D eigenvalue weighted by Crippen LogP contribution is 2.24. The van der Waals surface area contributed by atoms with Crippen LogP contribution in [0.1, 0.15) is 27.7 Å². The second-order valence-electron chi connectivity index (χ2n) is 6.88. The Hall–Kier alpha value is -2.94. The summed E-state index contributed by atoms with van der Waals surface area (Å²) in [6, 6.07) is 18.6. The van der Waals surface area contributed by atoms with Crippen molar-refractivity contribution in [2.75, 3.05) is 26.3 Å². The van der Waals surface area contributed by atoms with Crippen molar-refractivity contribution in [1.82, 2.24) is 9.62 Å². The molecule has 0 saturated carbocycles. The van der Waals surface area contributed by atoms with Crippen LogP contribution in [0, 0.1) is 0 Å². The lowest BCUT2D eigenvalue weighted by Gasteiger charge is -2.26. The number of benzene rings is 2. The van der Waals surface area contributed by atoms with E-state index in [9.17, 15) is 13.2 Å². The van der Waals surface area contributed by atoms with Crippen molar-refractivity contribution >= 4 is 15.9 Å². The molecule has 7 nitrogen and oxygen atoms in total. The minimum Gasteiger partial charge on any atom is -0.467 e. The van der Waals surface area contributed by atoms with Crippen LogP contribution in [0.3, 0.4) is 0 Å². The monoisotopic (exact) mass is 426 g/mol. The van der Waals surface area contributed by atoms with Crippen LogP contribution in [-0.4, -0.2) is 44.9 Å². The first kappa shape index (κ1) is 20.3. The summed E-state index contributed by atoms with van der Waals surface area (Å²) >= 11 is 0. The van der Waals surface area contributed by atoms with E-state index in [-0.39, 0.29) is 16.4 Å². The van der Waals surface area contributed by atoms with Crippen molar-refractivity contribution in [3.05, 3.63) is 89.9 Å². The largest absolute Gasteiger partial charge is 0.467 e. The fourth-order valence-electron chi connectivity index (χ4n) is 3.37. The third-order valence-electron chi connectivity index (χ3n) is 4.94. The third kappa shape index (κ3) is 4.30. The molecule has 1 N–H and O–H groups in total. The summed E-state index contributed by atoms with van der Waals surface area (Å²) in [5.41, 5.74) is 1.12. The molecule has 0 bridgehead atoms. The van der Waals surface area contributed by atoms with Crippen LogP contribution in [0.5, 0.6) is 0 Å². The van der Waals surface area contributed by atoms with Crippen LogP contribution in [-0.2, 0) is 14.8 Å². The van der Waals surface area contributed by atoms with E-state index < -0.39 is 16.1 Å². The average Bonchev–Trinajstić information content (AvgIpc) is 3.33. The number of hydrogen-bond acceptors (Lipinski definition) is 5. The molecule has 3 aromatic rings. The molecule has 30 heavy (non-hydrogen) atoms. The summed E-state index contributed by atoms with van der Waals surface area (Å²) in [7, 11) is -3.69. The fraction of sp³-hybridized carbons (Fsp3) is 0.227. The van der Waals surface area contributed by atoms with Gasteiger partial charge in [0.2, 0.25) is 10.0 Å². The number of amides is 1. The normalized spacial score (nSPS) is 16.1. The highest BCUT2D eigenvalue weighted by atomic mass is 32.2. The van der Waals surface area contributed by atoms with Gasteiger partial charge in [-0.15, -0.1) is 0 Å². The van der Waals surface area contributed by atoms with Crippen molar-refractivity contribution in [2.24, 2.45) is 0 Å². The van der Waals surface area contributed by atoms with Gasteiger partial charge in [-0.25, -0.2) is 8.42 Å². The number of nitrogens with zero attached hydrogens (tertiary/aromatic N) is 1. The number of ether oxygens (including phenoxy) is 1. The molecule has 2 heterocycles. The van der Waals surface area contributed by atoms with E-state index in [0.29, 0.717) is 32.1 Å². The van der Waals surface area contributed by atoms with Crippen LogP contribution in [0.15, 0.2) is 82.3 Å². The predicted octanol–water partition coefficient (Wildman–Crippen LogP) is 2.82. The van der Waals surface area contributed by atoms with Crippen molar-refractivity contribution in [1.29, 1.82) is 0 Å². The average molecular weight is 426 g/mol. The number of morpholine rings is 1. The van der Waals surface area contributed by atoms with E-state index in [1.54, 1.807) is 30.5 Å². The molecular weight excluding hydrogens is 404 g/mol. The summed E-state index contributed by atoms with van der Waals surface area (Å²) in [5.74, 6) is 0.200. The van der Waals surface area contributed by atoms with Crippen molar-refractivity contribution < 1.29 is 22.4 Å². The molecule has 156 valence electrons. The van der Waals surface area contributed by atoms with Crippen LogP contribution in [0.4, 0.5) is 0 Å². The Bertz CT molecular complexity index is 1090. The topological polar surface area (TPSA) is 88.8 Å². The quantitative estimate of drug-likeness (QED) is 0.655. The molecule has 1 amide bonds. The molecule has 1 aromatic heterocycles. The van der Waals surface area contributed by atoms with Gasteiger partial charge in [-0.3, -0.25) is 4.79 Å². The molecule has 1 aliphatic heterocycles. The fourth-order valence-corrected chi connectivity index (χ4v) is 4.82. The smallest absolute Gasteiger partial charge is 0.252 e. The van der Waals surface area contributed by atoms with Crippen molar-refractivity contribution in [3.63, 3.8) is 0 Å². The maximum Gasteiger partial charge on any atom is 0.252 e. The molecule has 1 atom stereocenters. The first-order chi connectivity index (χ1) is 14.6. The zero-order valence-electron chi connectivity index (χ0n) is 16.2. The van der Waals surface area contributed by atoms with E-state index in [2.05, 4.69) is 5.32 Å². The SMILES string of the molecule is O=C(NC(c1ccccc1)c1ccco1)c1cccc(S(=O)(=O)N2CCOCC2)c1. The Morgan fingerprint density at radius 1 is 0.967 bits per heavy atom. The number of hydrogen-bond donors (Lipinski definition) is 1. The molecule has 4 rings (SSSR count). The molecule has 0 aliphatic carbocycles. The van der Waals surface area contributed by atoms with E-state index >= 15 is 0 Å². The molecule has 0 spiro atoms. The Morgan fingerprint density at radius 2 is 1.73 bits per heavy atom. The van der Waals surface area contributed by atoms with Crippen LogP contribution >= 0.6 is 0 Å². The summed E-state index contributed by atoms with van der Waals surface area (Å²) in [5, 5.41) is 2.95. The van der Waals surface area contributed by atoms with E-state index in [4.69, 9.17) is 9.15 Å². The van der Waals surface area contributed by atoms with Gasteiger partial charge in [0.15, 0.2) is 0 Å². The van der Waals surface area contributed by atoms with E-state index in [0.717, 1.165) is 5.56 Å². The summed E-state index contributed by atoms with van der Waals surface area (Å²) in [4.78, 5) is 13.1. The van der Waals surface area contributed by atoms with Gasteiger partial charge in [0, 0.05) is 18.7 Å². The molecule has 8 heteroatoms. The number of furan rings is 1. The molecule has 1 unspecified atom stereocenters. The lowest BCUT2D eigenvalue weighted by Crippen LogP contribution is -2.40. The van der Waals surface area contributed by atoms with Crippen molar-refractivity contribution in [2.45, 2.75) is 10.9 Å². The highest BCUT2D eigenvalue weighted by Gasteiger charge is 2.27. The molecule has 2 aromatic carbocycles. The van der Waals surface area contributed by atoms with Gasteiger partial charge in [-0.05, 0) is 35.9 Å². The zero-order valence-corrected chi connectivity index (χ0v) is 17.0. The van der Waals surface area contributed by atoms with Gasteiger partial charge in [-0.2, -0.15) is 4.31 Å². The number of nitrogens with one attached hydrogen (secondary N) is 1. The summed E-state index contributed by atoms with van der Waals surface area (Å²) in [6.45, 7) is 1.32. The highest BCUT2D eigenvalue weighted by molar-refractivity contribution is 7.89. The van der Waals surface area contributed by atoms with Crippen molar-refractivity contribution in [3.8, 4) is 0 Å². The van der Waals surface area contributed by atoms with E-state index in [1.165, 1.54) is 16.4 Å². The van der Waals surface area contributed by atoms with Crippen LogP contribution < -0.4 is 5.32 Å². The lowest BCUT2D eigenvalue weighted by molar-refractivity contribution is 0.0730. The van der Waals surface area contributed by atoms with Gasteiger partial charge in [0.05, 0.1) is 24.4 Å². The van der Waals surface area contributed by atoms with Gasteiger partial charge in [0.1, 0.15) is 11.8 Å². The van der Waals surface area contributed by atoms with E-state index in [1.807, 2.05) is 30.3 Å². The Kier molecular flexibility index (Phi) is 5.98. The zero-order chi connectivity index (χ0) is 21.0. The third-order valence-corrected chi connectivity index (χ3v) is 6.83. The Labute approximate surface area is 175 Å². The summed E-state index contributed by atoms with van der Waals surface area (Å²) < 4.78 is 38.0. The first-order valence-electron chi connectivity index (χ1n) is 9.63. The lowest BCUT2D eigenvalue weighted by atomic mass is 10.0. The maximum absolute atomic E-state index is 13.0. The van der Waals surface area contributed by atoms with Crippen LogP contribution in [0.25, 0.3) is 0 Å². The van der Waals surface area contributed by atoms with Gasteiger partial charge < -0.3 is 14.5 Å². The second-order valence-corrected chi connectivity index (χ2v) is 8.81. The second kappa shape index (κ2) is 8.83. The van der Waals surface area contributed by atoms with Gasteiger partial charge in [0.25, 0.3) is 5.91 Å². The number of sulfonamides is 1. The predicted molar refractivity (Wildman–Crippen MR) is 110 cm³/mol. The van der Waals surface area contributed by atoms with Gasteiger partial charge >= 0.3 is 0 Å². The Morgan fingerprint density at radius 3 is 2.43 bits per heavy atom. The van der Waals surface area contributed by atoms with Gasteiger partial charge in [-0.1, -0.05) is 36.4 Å². The molecular formula is C22H22N2O5S. The van der Waals surface area contributed by atoms with Crippen LogP contribution in [0.2, 0.25) is 0 Å². The maximum atomic E-state index is 13.0.